The average molecular weight is 275 g/mol. The van der Waals surface area contributed by atoms with Crippen LogP contribution in [0.25, 0.3) is 31.4 Å². The maximum absolute atomic E-state index is 4.54. The molecule has 0 N–H and O–H groups in total. The maximum Gasteiger partial charge on any atom is 0.0719 e. The molecule has 0 saturated carbocycles. The molecule has 0 amide bonds. The summed E-state index contributed by atoms with van der Waals surface area (Å²) < 4.78 is 2.68. The van der Waals surface area contributed by atoms with Crippen LogP contribution in [0.15, 0.2) is 60.8 Å². The van der Waals surface area contributed by atoms with Crippen LogP contribution in [0.5, 0.6) is 0 Å². The summed E-state index contributed by atoms with van der Waals surface area (Å²) in [6, 6.07) is 19.1. The van der Waals surface area contributed by atoms with E-state index in [0.717, 1.165) is 5.69 Å². The molecular formula is C18H13NS. The number of aryl methyl sites for hydroxylation is 1. The van der Waals surface area contributed by atoms with Crippen LogP contribution in [0.3, 0.4) is 0 Å². The molecule has 0 spiro atoms. The van der Waals surface area contributed by atoms with E-state index in [9.17, 15) is 0 Å². The van der Waals surface area contributed by atoms with E-state index in [1.165, 1.54) is 31.3 Å². The van der Waals surface area contributed by atoms with E-state index >= 15 is 0 Å². The summed E-state index contributed by atoms with van der Waals surface area (Å²) in [5.41, 5.74) is 3.61. The molecule has 0 saturated heterocycles. The second-order valence-corrected chi connectivity index (χ2v) is 6.00. The van der Waals surface area contributed by atoms with E-state index in [0.29, 0.717) is 0 Å². The second kappa shape index (κ2) is 4.43. The highest BCUT2D eigenvalue weighted by Gasteiger charge is 2.12. The molecule has 0 bridgehead atoms. The van der Waals surface area contributed by atoms with Crippen molar-refractivity contribution in [2.75, 3.05) is 0 Å². The van der Waals surface area contributed by atoms with Gasteiger partial charge in [0.15, 0.2) is 0 Å². The van der Waals surface area contributed by atoms with Crippen molar-refractivity contribution in [2.24, 2.45) is 0 Å². The summed E-state index contributed by atoms with van der Waals surface area (Å²) in [6.45, 7) is 2.16. The molecule has 96 valence electrons. The van der Waals surface area contributed by atoms with Crippen LogP contribution in [0.4, 0.5) is 0 Å². The van der Waals surface area contributed by atoms with Crippen molar-refractivity contribution in [3.8, 4) is 11.3 Å². The van der Waals surface area contributed by atoms with Crippen LogP contribution in [-0.4, -0.2) is 4.98 Å². The van der Waals surface area contributed by atoms with Gasteiger partial charge in [-0.05, 0) is 30.7 Å². The Morgan fingerprint density at radius 1 is 0.850 bits per heavy atom. The van der Waals surface area contributed by atoms with Gasteiger partial charge < -0.3 is 0 Å². The second-order valence-electron chi connectivity index (χ2n) is 4.95. The van der Waals surface area contributed by atoms with Gasteiger partial charge in [-0.3, -0.25) is 4.98 Å². The van der Waals surface area contributed by atoms with Crippen LogP contribution in [-0.2, 0) is 0 Å². The van der Waals surface area contributed by atoms with Crippen molar-refractivity contribution in [1.29, 1.82) is 0 Å². The first kappa shape index (κ1) is 11.6. The molecule has 20 heavy (non-hydrogen) atoms. The molecule has 1 nitrogen and oxygen atoms in total. The lowest BCUT2D eigenvalue weighted by Gasteiger charge is -2.06. The molecule has 2 aromatic heterocycles. The third-order valence-corrected chi connectivity index (χ3v) is 4.88. The third kappa shape index (κ3) is 1.65. The zero-order chi connectivity index (χ0) is 13.5. The fraction of sp³-hybridized carbons (Fsp3) is 0.0556. The first-order valence-corrected chi connectivity index (χ1v) is 7.48. The Hall–Kier alpha value is -2.19. The van der Waals surface area contributed by atoms with Gasteiger partial charge in [0.2, 0.25) is 0 Å². The summed E-state index contributed by atoms with van der Waals surface area (Å²) in [5.74, 6) is 0. The van der Waals surface area contributed by atoms with Crippen molar-refractivity contribution in [3.05, 3.63) is 66.4 Å². The van der Waals surface area contributed by atoms with Crippen molar-refractivity contribution < 1.29 is 0 Å². The molecule has 2 aromatic carbocycles. The Balaban J connectivity index is 2.17. The van der Waals surface area contributed by atoms with Crippen LogP contribution in [0.2, 0.25) is 0 Å². The molecule has 0 fully saturated rings. The Labute approximate surface area is 121 Å². The highest BCUT2D eigenvalue weighted by molar-refractivity contribution is 7.26. The number of benzene rings is 2. The lowest BCUT2D eigenvalue weighted by Crippen LogP contribution is -1.86. The number of hydrogen-bond donors (Lipinski definition) is 0. The highest BCUT2D eigenvalue weighted by atomic mass is 32.1. The SMILES string of the molecule is Cc1ccc2c(sc3ccccc32)c1-c1ccccn1. The number of rotatable bonds is 1. The summed E-state index contributed by atoms with van der Waals surface area (Å²) in [5, 5.41) is 2.67. The van der Waals surface area contributed by atoms with Gasteiger partial charge >= 0.3 is 0 Å². The zero-order valence-corrected chi connectivity index (χ0v) is 11.9. The fourth-order valence-corrected chi connectivity index (χ4v) is 4.03. The first-order valence-electron chi connectivity index (χ1n) is 6.67. The summed E-state index contributed by atoms with van der Waals surface area (Å²) >= 11 is 1.86. The monoisotopic (exact) mass is 275 g/mol. The maximum atomic E-state index is 4.54. The molecule has 0 aliphatic heterocycles. The van der Waals surface area contributed by atoms with Gasteiger partial charge in [-0.2, -0.15) is 0 Å². The normalized spacial score (nSPS) is 11.2. The number of fused-ring (bicyclic) bond motifs is 3. The Kier molecular flexibility index (Phi) is 2.57. The minimum atomic E-state index is 1.06. The van der Waals surface area contributed by atoms with E-state index < -0.39 is 0 Å². The largest absolute Gasteiger partial charge is 0.256 e. The van der Waals surface area contributed by atoms with Crippen LogP contribution in [0.1, 0.15) is 5.56 Å². The van der Waals surface area contributed by atoms with Crippen LogP contribution in [0, 0.1) is 6.92 Å². The van der Waals surface area contributed by atoms with Gasteiger partial charge in [-0.15, -0.1) is 11.3 Å². The molecule has 0 radical (unpaired) electrons. The number of nitrogens with zero attached hydrogens (tertiary/aromatic N) is 1. The van der Waals surface area contributed by atoms with Crippen LogP contribution < -0.4 is 0 Å². The standard InChI is InChI=1S/C18H13NS/c1-12-9-10-14-13-6-2-3-8-16(13)20-18(14)17(12)15-7-4-5-11-19-15/h2-11H,1H3. The van der Waals surface area contributed by atoms with E-state index in [1.54, 1.807) is 0 Å². The van der Waals surface area contributed by atoms with Gasteiger partial charge in [0.05, 0.1) is 5.69 Å². The van der Waals surface area contributed by atoms with Gasteiger partial charge in [-0.1, -0.05) is 36.4 Å². The molecule has 2 heterocycles. The summed E-state index contributed by atoms with van der Waals surface area (Å²) in [4.78, 5) is 4.54. The number of aromatic nitrogens is 1. The lowest BCUT2D eigenvalue weighted by atomic mass is 10.0. The van der Waals surface area contributed by atoms with Crippen molar-refractivity contribution in [3.63, 3.8) is 0 Å². The number of thiophene rings is 1. The summed E-state index contributed by atoms with van der Waals surface area (Å²) in [7, 11) is 0. The molecule has 0 aliphatic carbocycles. The van der Waals surface area contributed by atoms with E-state index in [4.69, 9.17) is 0 Å². The number of pyridine rings is 1. The molecule has 4 rings (SSSR count). The number of hydrogen-bond acceptors (Lipinski definition) is 2. The molecule has 2 heteroatoms. The van der Waals surface area contributed by atoms with E-state index in [1.807, 2.05) is 29.7 Å². The third-order valence-electron chi connectivity index (χ3n) is 3.68. The predicted octanol–water partition coefficient (Wildman–Crippen LogP) is 5.42. The summed E-state index contributed by atoms with van der Waals surface area (Å²) in [6.07, 6.45) is 1.86. The van der Waals surface area contributed by atoms with Gasteiger partial charge in [0.25, 0.3) is 0 Å². The average Bonchev–Trinajstić information content (AvgIpc) is 2.86. The first-order chi connectivity index (χ1) is 9.84. The molecule has 0 unspecified atom stereocenters. The molecule has 4 aromatic rings. The van der Waals surface area contributed by atoms with Gasteiger partial charge in [0.1, 0.15) is 0 Å². The van der Waals surface area contributed by atoms with Gasteiger partial charge in [0, 0.05) is 31.9 Å². The fourth-order valence-electron chi connectivity index (χ4n) is 2.72. The zero-order valence-electron chi connectivity index (χ0n) is 11.1. The molecular weight excluding hydrogens is 262 g/mol. The van der Waals surface area contributed by atoms with E-state index in [-0.39, 0.29) is 0 Å². The minimum absolute atomic E-state index is 1.06. The quantitative estimate of drug-likeness (QED) is 0.451. The smallest absolute Gasteiger partial charge is 0.0719 e. The van der Waals surface area contributed by atoms with E-state index in [2.05, 4.69) is 54.4 Å². The predicted molar refractivity (Wildman–Crippen MR) is 87.3 cm³/mol. The van der Waals surface area contributed by atoms with Crippen LogP contribution >= 0.6 is 11.3 Å². The van der Waals surface area contributed by atoms with Crippen molar-refractivity contribution in [1.82, 2.24) is 4.98 Å². The Morgan fingerprint density at radius 2 is 1.70 bits per heavy atom. The molecule has 0 aliphatic rings. The lowest BCUT2D eigenvalue weighted by molar-refractivity contribution is 1.32. The van der Waals surface area contributed by atoms with Gasteiger partial charge in [-0.25, -0.2) is 0 Å². The van der Waals surface area contributed by atoms with Crippen molar-refractivity contribution in [2.45, 2.75) is 6.92 Å². The topological polar surface area (TPSA) is 12.9 Å². The van der Waals surface area contributed by atoms with Crippen molar-refractivity contribution >= 4 is 31.5 Å². The highest BCUT2D eigenvalue weighted by Crippen LogP contribution is 2.40. The molecule has 0 atom stereocenters. The Morgan fingerprint density at radius 3 is 2.55 bits per heavy atom. The Bertz CT molecular complexity index is 907. The minimum Gasteiger partial charge on any atom is -0.256 e.